The largest absolute Gasteiger partial charge is 0.480 e. The smallest absolute Gasteiger partial charge is 0.408 e. The maximum atomic E-state index is 11.3. The SMILES string of the molecule is CC(C)(C)OC(=O)N[C@@H](CNS(C)(=O)=O)C(=O)O. The van der Waals surface area contributed by atoms with Gasteiger partial charge in [-0.25, -0.2) is 22.7 Å². The van der Waals surface area contributed by atoms with Crippen LogP contribution in [0.1, 0.15) is 20.8 Å². The lowest BCUT2D eigenvalue weighted by atomic mass is 10.2. The summed E-state index contributed by atoms with van der Waals surface area (Å²) in [5.41, 5.74) is -0.766. The van der Waals surface area contributed by atoms with Crippen LogP contribution >= 0.6 is 0 Å². The van der Waals surface area contributed by atoms with Gasteiger partial charge in [-0.15, -0.1) is 0 Å². The molecule has 3 N–H and O–H groups in total. The maximum Gasteiger partial charge on any atom is 0.408 e. The molecule has 0 aliphatic carbocycles. The molecule has 1 atom stereocenters. The predicted molar refractivity (Wildman–Crippen MR) is 63.6 cm³/mol. The van der Waals surface area contributed by atoms with Crippen molar-refractivity contribution in [2.45, 2.75) is 32.4 Å². The van der Waals surface area contributed by atoms with Gasteiger partial charge in [0.25, 0.3) is 0 Å². The van der Waals surface area contributed by atoms with Crippen LogP contribution in [-0.2, 0) is 19.6 Å². The molecule has 0 heterocycles. The molecule has 0 unspecified atom stereocenters. The van der Waals surface area contributed by atoms with Crippen LogP contribution in [0, 0.1) is 0 Å². The molecule has 106 valence electrons. The van der Waals surface area contributed by atoms with Crippen molar-refractivity contribution in [3.05, 3.63) is 0 Å². The summed E-state index contributed by atoms with van der Waals surface area (Å²) in [4.78, 5) is 22.1. The molecule has 0 aromatic heterocycles. The first-order valence-corrected chi connectivity index (χ1v) is 6.97. The lowest BCUT2D eigenvalue weighted by Gasteiger charge is -2.21. The monoisotopic (exact) mass is 282 g/mol. The van der Waals surface area contributed by atoms with Crippen molar-refractivity contribution >= 4 is 22.1 Å². The highest BCUT2D eigenvalue weighted by Crippen LogP contribution is 2.06. The van der Waals surface area contributed by atoms with Crippen LogP contribution in [0.4, 0.5) is 4.79 Å². The molecule has 0 aromatic rings. The Labute approximate surface area is 106 Å². The van der Waals surface area contributed by atoms with Gasteiger partial charge in [0.05, 0.1) is 6.26 Å². The van der Waals surface area contributed by atoms with Gasteiger partial charge in [-0.2, -0.15) is 0 Å². The Morgan fingerprint density at radius 2 is 1.83 bits per heavy atom. The molecular formula is C9H18N2O6S. The third kappa shape index (κ3) is 8.76. The molecule has 0 fully saturated rings. The molecule has 8 nitrogen and oxygen atoms in total. The Bertz CT molecular complexity index is 411. The number of hydrogen-bond acceptors (Lipinski definition) is 5. The average molecular weight is 282 g/mol. The third-order valence-corrected chi connectivity index (χ3v) is 2.23. The molecule has 0 rings (SSSR count). The summed E-state index contributed by atoms with van der Waals surface area (Å²) in [6.45, 7) is 4.42. The highest BCUT2D eigenvalue weighted by Gasteiger charge is 2.24. The topological polar surface area (TPSA) is 122 Å². The van der Waals surface area contributed by atoms with Crippen LogP contribution in [0.3, 0.4) is 0 Å². The molecule has 0 spiro atoms. The van der Waals surface area contributed by atoms with E-state index >= 15 is 0 Å². The van der Waals surface area contributed by atoms with Crippen LogP contribution in [0.15, 0.2) is 0 Å². The summed E-state index contributed by atoms with van der Waals surface area (Å²) in [6, 6.07) is -1.39. The van der Waals surface area contributed by atoms with Crippen LogP contribution in [0.25, 0.3) is 0 Å². The molecule has 0 bridgehead atoms. The molecule has 0 aliphatic rings. The second-order valence-corrected chi connectivity index (χ2v) is 6.49. The number of alkyl carbamates (subject to hydrolysis) is 1. The summed E-state index contributed by atoms with van der Waals surface area (Å²) in [6.07, 6.45) is -0.0375. The average Bonchev–Trinajstić information content (AvgIpc) is 2.06. The van der Waals surface area contributed by atoms with Crippen molar-refractivity contribution in [2.24, 2.45) is 0 Å². The predicted octanol–water partition coefficient (Wildman–Crippen LogP) is -0.486. The number of aliphatic carboxylic acids is 1. The number of sulfonamides is 1. The minimum Gasteiger partial charge on any atom is -0.480 e. The van der Waals surface area contributed by atoms with Crippen LogP contribution in [-0.4, -0.2) is 50.0 Å². The molecule has 0 saturated carbocycles. The minimum atomic E-state index is -3.53. The number of carbonyl (C=O) groups excluding carboxylic acids is 1. The lowest BCUT2D eigenvalue weighted by molar-refractivity contribution is -0.139. The van der Waals surface area contributed by atoms with Crippen molar-refractivity contribution in [3.8, 4) is 0 Å². The third-order valence-electron chi connectivity index (χ3n) is 1.54. The highest BCUT2D eigenvalue weighted by atomic mass is 32.2. The standard InChI is InChI=1S/C9H18N2O6S/c1-9(2,3)17-8(14)11-6(7(12)13)5-10-18(4,15)16/h6,10H,5H2,1-4H3,(H,11,14)(H,12,13)/t6-/m0/s1. The summed E-state index contributed by atoms with van der Waals surface area (Å²) in [7, 11) is -3.53. The van der Waals surface area contributed by atoms with E-state index in [4.69, 9.17) is 9.84 Å². The van der Waals surface area contributed by atoms with Gasteiger partial charge in [-0.05, 0) is 20.8 Å². The van der Waals surface area contributed by atoms with Crippen molar-refractivity contribution < 1.29 is 27.9 Å². The van der Waals surface area contributed by atoms with E-state index in [1.807, 2.05) is 4.72 Å². The number of ether oxygens (including phenoxy) is 1. The highest BCUT2D eigenvalue weighted by molar-refractivity contribution is 7.88. The van der Waals surface area contributed by atoms with Gasteiger partial charge in [0.1, 0.15) is 11.6 Å². The molecule has 9 heteroatoms. The number of rotatable bonds is 5. The van der Waals surface area contributed by atoms with Gasteiger partial charge < -0.3 is 15.2 Å². The zero-order valence-corrected chi connectivity index (χ0v) is 11.5. The quantitative estimate of drug-likeness (QED) is 0.625. The van der Waals surface area contributed by atoms with Gasteiger partial charge in [-0.3, -0.25) is 0 Å². The molecule has 1 amide bonds. The summed E-state index contributed by atoms with van der Waals surface area (Å²) < 4.78 is 28.5. The minimum absolute atomic E-state index is 0.451. The number of carboxylic acid groups (broad SMARTS) is 1. The number of carboxylic acids is 1. The Kier molecular flexibility index (Phi) is 5.55. The molecular weight excluding hydrogens is 264 g/mol. The number of amides is 1. The Balaban J connectivity index is 4.46. The second-order valence-electron chi connectivity index (χ2n) is 4.66. The van der Waals surface area contributed by atoms with E-state index < -0.39 is 40.3 Å². The summed E-state index contributed by atoms with van der Waals surface area (Å²) in [5, 5.41) is 10.9. The first kappa shape index (κ1) is 16.6. The fraction of sp³-hybridized carbons (Fsp3) is 0.778. The molecule has 0 aromatic carbocycles. The van der Waals surface area contributed by atoms with E-state index in [1.54, 1.807) is 20.8 Å². The number of hydrogen-bond donors (Lipinski definition) is 3. The van der Waals surface area contributed by atoms with E-state index in [-0.39, 0.29) is 0 Å². The van der Waals surface area contributed by atoms with E-state index in [1.165, 1.54) is 0 Å². The zero-order chi connectivity index (χ0) is 14.6. The normalized spacial score (nSPS) is 13.8. The van der Waals surface area contributed by atoms with Crippen molar-refractivity contribution in [2.75, 3.05) is 12.8 Å². The Hall–Kier alpha value is -1.35. The molecule has 0 saturated heterocycles. The van der Waals surface area contributed by atoms with E-state index in [0.717, 1.165) is 6.26 Å². The van der Waals surface area contributed by atoms with Crippen LogP contribution < -0.4 is 10.0 Å². The van der Waals surface area contributed by atoms with E-state index in [2.05, 4.69) is 5.32 Å². The first-order chi connectivity index (χ1) is 7.91. The number of carbonyl (C=O) groups is 2. The van der Waals surface area contributed by atoms with Gasteiger partial charge in [0.15, 0.2) is 0 Å². The van der Waals surface area contributed by atoms with Crippen LogP contribution in [0.5, 0.6) is 0 Å². The first-order valence-electron chi connectivity index (χ1n) is 5.07. The Morgan fingerprint density at radius 3 is 2.17 bits per heavy atom. The second kappa shape index (κ2) is 6.01. The summed E-state index contributed by atoms with van der Waals surface area (Å²) >= 11 is 0. The molecule has 0 aliphatic heterocycles. The van der Waals surface area contributed by atoms with Gasteiger partial charge in [-0.1, -0.05) is 0 Å². The zero-order valence-electron chi connectivity index (χ0n) is 10.7. The van der Waals surface area contributed by atoms with Gasteiger partial charge >= 0.3 is 12.1 Å². The van der Waals surface area contributed by atoms with Crippen molar-refractivity contribution in [3.63, 3.8) is 0 Å². The maximum absolute atomic E-state index is 11.3. The fourth-order valence-corrected chi connectivity index (χ4v) is 1.35. The van der Waals surface area contributed by atoms with E-state index in [0.29, 0.717) is 0 Å². The molecule has 18 heavy (non-hydrogen) atoms. The Morgan fingerprint density at radius 1 is 1.33 bits per heavy atom. The van der Waals surface area contributed by atoms with Gasteiger partial charge in [0.2, 0.25) is 10.0 Å². The van der Waals surface area contributed by atoms with Crippen molar-refractivity contribution in [1.29, 1.82) is 0 Å². The lowest BCUT2D eigenvalue weighted by Crippen LogP contribution is -2.49. The van der Waals surface area contributed by atoms with Gasteiger partial charge in [0, 0.05) is 6.54 Å². The number of nitrogens with one attached hydrogen (secondary N) is 2. The fourth-order valence-electron chi connectivity index (χ4n) is 0.885. The molecule has 0 radical (unpaired) electrons. The van der Waals surface area contributed by atoms with Crippen LogP contribution in [0.2, 0.25) is 0 Å². The van der Waals surface area contributed by atoms with E-state index in [9.17, 15) is 18.0 Å². The van der Waals surface area contributed by atoms with Crippen molar-refractivity contribution in [1.82, 2.24) is 10.0 Å². The summed E-state index contributed by atoms with van der Waals surface area (Å²) in [5.74, 6) is -1.36.